The first kappa shape index (κ1) is 18.8. The van der Waals surface area contributed by atoms with Gasteiger partial charge in [0.1, 0.15) is 0 Å². The summed E-state index contributed by atoms with van der Waals surface area (Å²) < 4.78 is 5.08. The first-order chi connectivity index (χ1) is 11.4. The number of benzene rings is 1. The van der Waals surface area contributed by atoms with Gasteiger partial charge in [-0.2, -0.15) is 0 Å². The predicted octanol–water partition coefficient (Wildman–Crippen LogP) is 3.59. The third-order valence-electron chi connectivity index (χ3n) is 4.41. The zero-order chi connectivity index (χ0) is 17.7. The Bertz CT molecular complexity index is 594. The van der Waals surface area contributed by atoms with E-state index in [1.807, 2.05) is 18.7 Å². The van der Waals surface area contributed by atoms with E-state index in [-0.39, 0.29) is 23.0 Å². The van der Waals surface area contributed by atoms with E-state index >= 15 is 0 Å². The van der Waals surface area contributed by atoms with Crippen LogP contribution in [0.15, 0.2) is 23.1 Å². The smallest absolute Gasteiger partial charge is 0.309 e. The topological polar surface area (TPSA) is 46.6 Å². The highest BCUT2D eigenvalue weighted by molar-refractivity contribution is 8.00. The van der Waals surface area contributed by atoms with Gasteiger partial charge < -0.3 is 9.64 Å². The lowest BCUT2D eigenvalue weighted by molar-refractivity contribution is -0.151. The Balaban J connectivity index is 1.89. The second-order valence-corrected chi connectivity index (χ2v) is 7.76. The summed E-state index contributed by atoms with van der Waals surface area (Å²) >= 11 is 1.61. The second kappa shape index (κ2) is 8.56. The molecule has 1 heterocycles. The van der Waals surface area contributed by atoms with Crippen molar-refractivity contribution in [3.8, 4) is 0 Å². The molecule has 1 saturated heterocycles. The van der Waals surface area contributed by atoms with Gasteiger partial charge in [0, 0.05) is 18.0 Å². The summed E-state index contributed by atoms with van der Waals surface area (Å²) in [5.74, 6) is -0.0270. The number of nitrogens with zero attached hydrogens (tertiary/aromatic N) is 1. The largest absolute Gasteiger partial charge is 0.466 e. The number of aryl methyl sites for hydroxylation is 2. The van der Waals surface area contributed by atoms with Crippen molar-refractivity contribution in [1.29, 1.82) is 0 Å². The van der Waals surface area contributed by atoms with Crippen molar-refractivity contribution in [2.45, 2.75) is 50.7 Å². The molecule has 1 unspecified atom stereocenters. The molecule has 1 aliphatic heterocycles. The number of likely N-dealkylation sites (tertiary alicyclic amines) is 1. The molecule has 1 aromatic carbocycles. The standard InChI is InChI=1S/C19H27NO3S/c1-5-23-19(22)16-8-10-20(11-9-16)18(21)15(4)24-17-7-6-13(2)12-14(17)3/h6-7,12,15-16H,5,8-11H2,1-4H3. The molecule has 2 rings (SSSR count). The number of piperidine rings is 1. The Morgan fingerprint density at radius 2 is 1.96 bits per heavy atom. The summed E-state index contributed by atoms with van der Waals surface area (Å²) in [5.41, 5.74) is 2.44. The molecule has 1 amide bonds. The maximum absolute atomic E-state index is 12.7. The van der Waals surface area contributed by atoms with E-state index in [4.69, 9.17) is 4.74 Å². The van der Waals surface area contributed by atoms with Crippen LogP contribution in [0.2, 0.25) is 0 Å². The van der Waals surface area contributed by atoms with Crippen molar-refractivity contribution in [1.82, 2.24) is 4.90 Å². The third-order valence-corrected chi connectivity index (χ3v) is 5.68. The van der Waals surface area contributed by atoms with Gasteiger partial charge in [0.2, 0.25) is 5.91 Å². The Kier molecular flexibility index (Phi) is 6.72. The monoisotopic (exact) mass is 349 g/mol. The molecule has 1 atom stereocenters. The van der Waals surface area contributed by atoms with E-state index in [0.717, 1.165) is 4.90 Å². The molecule has 0 N–H and O–H groups in total. The molecule has 4 nitrogen and oxygen atoms in total. The van der Waals surface area contributed by atoms with Crippen molar-refractivity contribution in [3.63, 3.8) is 0 Å². The molecule has 1 fully saturated rings. The van der Waals surface area contributed by atoms with Crippen LogP contribution in [-0.2, 0) is 14.3 Å². The maximum Gasteiger partial charge on any atom is 0.309 e. The molecule has 0 bridgehead atoms. The number of carbonyl (C=O) groups excluding carboxylic acids is 2. The number of esters is 1. The van der Waals surface area contributed by atoms with Crippen LogP contribution in [0.5, 0.6) is 0 Å². The Labute approximate surface area is 148 Å². The molecule has 24 heavy (non-hydrogen) atoms. The normalized spacial score (nSPS) is 16.8. The highest BCUT2D eigenvalue weighted by atomic mass is 32.2. The van der Waals surface area contributed by atoms with Crippen molar-refractivity contribution in [3.05, 3.63) is 29.3 Å². The average molecular weight is 349 g/mol. The molecule has 0 radical (unpaired) electrons. The van der Waals surface area contributed by atoms with Gasteiger partial charge in [-0.15, -0.1) is 11.8 Å². The molecule has 1 aromatic rings. The van der Waals surface area contributed by atoms with Gasteiger partial charge in [0.15, 0.2) is 0 Å². The minimum Gasteiger partial charge on any atom is -0.466 e. The lowest BCUT2D eigenvalue weighted by atomic mass is 9.97. The fourth-order valence-corrected chi connectivity index (χ4v) is 4.05. The van der Waals surface area contributed by atoms with Crippen molar-refractivity contribution in [2.75, 3.05) is 19.7 Å². The minimum atomic E-state index is -0.123. The highest BCUT2D eigenvalue weighted by Gasteiger charge is 2.30. The summed E-state index contributed by atoms with van der Waals surface area (Å²) in [6.45, 7) is 9.63. The van der Waals surface area contributed by atoms with Crippen LogP contribution < -0.4 is 0 Å². The predicted molar refractivity (Wildman–Crippen MR) is 97.2 cm³/mol. The summed E-state index contributed by atoms with van der Waals surface area (Å²) in [6, 6.07) is 6.31. The van der Waals surface area contributed by atoms with Gasteiger partial charge >= 0.3 is 5.97 Å². The number of hydrogen-bond donors (Lipinski definition) is 0. The van der Waals surface area contributed by atoms with Crippen LogP contribution in [0.3, 0.4) is 0 Å². The molecule has 0 spiro atoms. The molecule has 0 aliphatic carbocycles. The summed E-state index contributed by atoms with van der Waals surface area (Å²) in [4.78, 5) is 27.5. The molecule has 1 aliphatic rings. The minimum absolute atomic E-state index is 0.0590. The number of thioether (sulfide) groups is 1. The Hall–Kier alpha value is -1.49. The second-order valence-electron chi connectivity index (χ2n) is 6.38. The van der Waals surface area contributed by atoms with E-state index in [9.17, 15) is 9.59 Å². The maximum atomic E-state index is 12.7. The average Bonchev–Trinajstić information content (AvgIpc) is 2.57. The fraction of sp³-hybridized carbons (Fsp3) is 0.579. The number of carbonyl (C=O) groups is 2. The molecule has 0 aromatic heterocycles. The Morgan fingerprint density at radius 1 is 1.29 bits per heavy atom. The number of rotatable bonds is 5. The van der Waals surface area contributed by atoms with E-state index in [1.165, 1.54) is 11.1 Å². The van der Waals surface area contributed by atoms with Crippen LogP contribution in [0.1, 0.15) is 37.8 Å². The van der Waals surface area contributed by atoms with Crippen molar-refractivity contribution in [2.24, 2.45) is 5.92 Å². The van der Waals surface area contributed by atoms with E-state index in [2.05, 4.69) is 32.0 Å². The quantitative estimate of drug-likeness (QED) is 0.602. The van der Waals surface area contributed by atoms with Gasteiger partial charge in [0.25, 0.3) is 0 Å². The van der Waals surface area contributed by atoms with E-state index in [1.54, 1.807) is 11.8 Å². The van der Waals surface area contributed by atoms with Gasteiger partial charge in [-0.3, -0.25) is 9.59 Å². The van der Waals surface area contributed by atoms with Crippen LogP contribution in [-0.4, -0.2) is 41.7 Å². The lowest BCUT2D eigenvalue weighted by Crippen LogP contribution is -2.43. The zero-order valence-electron chi connectivity index (χ0n) is 15.0. The Morgan fingerprint density at radius 3 is 2.54 bits per heavy atom. The molecule has 5 heteroatoms. The summed E-state index contributed by atoms with van der Waals surface area (Å²) in [6.07, 6.45) is 1.40. The van der Waals surface area contributed by atoms with Gasteiger partial charge in [-0.1, -0.05) is 17.7 Å². The molecular weight excluding hydrogens is 322 g/mol. The van der Waals surface area contributed by atoms with Crippen LogP contribution in [0, 0.1) is 19.8 Å². The van der Waals surface area contributed by atoms with E-state index in [0.29, 0.717) is 32.5 Å². The SMILES string of the molecule is CCOC(=O)C1CCN(C(=O)C(C)Sc2ccc(C)cc2C)CC1. The molecular formula is C19H27NO3S. The van der Waals surface area contributed by atoms with Gasteiger partial charge in [-0.25, -0.2) is 0 Å². The molecule has 132 valence electrons. The fourth-order valence-electron chi connectivity index (χ4n) is 3.03. The van der Waals surface area contributed by atoms with Crippen LogP contribution in [0.4, 0.5) is 0 Å². The van der Waals surface area contributed by atoms with Gasteiger partial charge in [-0.05, 0) is 52.2 Å². The summed E-state index contributed by atoms with van der Waals surface area (Å²) in [5, 5.41) is -0.120. The number of ether oxygens (including phenoxy) is 1. The van der Waals surface area contributed by atoms with Gasteiger partial charge in [0.05, 0.1) is 17.8 Å². The zero-order valence-corrected chi connectivity index (χ0v) is 15.8. The first-order valence-corrected chi connectivity index (χ1v) is 9.49. The highest BCUT2D eigenvalue weighted by Crippen LogP contribution is 2.29. The summed E-state index contributed by atoms with van der Waals surface area (Å²) in [7, 11) is 0. The molecule has 0 saturated carbocycles. The van der Waals surface area contributed by atoms with Crippen molar-refractivity contribution >= 4 is 23.6 Å². The van der Waals surface area contributed by atoms with Crippen LogP contribution in [0.25, 0.3) is 0 Å². The lowest BCUT2D eigenvalue weighted by Gasteiger charge is -2.32. The third kappa shape index (κ3) is 4.76. The van der Waals surface area contributed by atoms with E-state index < -0.39 is 0 Å². The van der Waals surface area contributed by atoms with Crippen LogP contribution >= 0.6 is 11.8 Å². The number of hydrogen-bond acceptors (Lipinski definition) is 4. The number of amides is 1. The first-order valence-electron chi connectivity index (χ1n) is 8.61. The van der Waals surface area contributed by atoms with Crippen molar-refractivity contribution < 1.29 is 14.3 Å².